The smallest absolute Gasteiger partial charge is 0.218 e. The highest BCUT2D eigenvalue weighted by Gasteiger charge is 2.28. The maximum Gasteiger partial charge on any atom is 0.218 e. The molecule has 2 heteroatoms. The Balaban J connectivity index is 2.64. The largest absolute Gasteiger partial charge is 0.411 e. The molecule has 0 aromatic carbocycles. The van der Waals surface area contributed by atoms with Gasteiger partial charge in [0.2, 0.25) is 8.32 Å². The summed E-state index contributed by atoms with van der Waals surface area (Å²) < 4.78 is 5.94. The van der Waals surface area contributed by atoms with Crippen LogP contribution in [0.25, 0.3) is 0 Å². The van der Waals surface area contributed by atoms with Gasteiger partial charge in [0.25, 0.3) is 0 Å². The lowest BCUT2D eigenvalue weighted by atomic mass is 10.5. The standard InChI is InChI=1S/C10H18OSi/c1-9(2)11-12(3,4)10-7-5-6-8-10/h5,7-9H,6H2,1-4H3. The van der Waals surface area contributed by atoms with Crippen molar-refractivity contribution in [1.29, 1.82) is 0 Å². The summed E-state index contributed by atoms with van der Waals surface area (Å²) in [5, 5.41) is 1.44. The van der Waals surface area contributed by atoms with Crippen molar-refractivity contribution in [2.45, 2.75) is 39.5 Å². The third-order valence-electron chi connectivity index (χ3n) is 2.00. The molecule has 0 aromatic heterocycles. The first-order valence-electron chi connectivity index (χ1n) is 4.57. The number of rotatable bonds is 3. The van der Waals surface area contributed by atoms with Crippen LogP contribution >= 0.6 is 0 Å². The van der Waals surface area contributed by atoms with Crippen LogP contribution in [0.2, 0.25) is 13.1 Å². The fourth-order valence-corrected chi connectivity index (χ4v) is 4.01. The molecule has 1 aliphatic carbocycles. The summed E-state index contributed by atoms with van der Waals surface area (Å²) in [5.74, 6) is 0. The van der Waals surface area contributed by atoms with E-state index in [2.05, 4.69) is 45.2 Å². The Kier molecular flexibility index (Phi) is 2.91. The van der Waals surface area contributed by atoms with E-state index in [-0.39, 0.29) is 0 Å². The Labute approximate surface area is 76.3 Å². The molecule has 1 rings (SSSR count). The molecule has 0 aliphatic heterocycles. The van der Waals surface area contributed by atoms with Gasteiger partial charge in [0, 0.05) is 6.10 Å². The van der Waals surface area contributed by atoms with Gasteiger partial charge in [0.1, 0.15) is 0 Å². The van der Waals surface area contributed by atoms with Gasteiger partial charge in [0.15, 0.2) is 0 Å². The monoisotopic (exact) mass is 182 g/mol. The molecular weight excluding hydrogens is 164 g/mol. The molecular formula is C10H18OSi. The lowest BCUT2D eigenvalue weighted by Crippen LogP contribution is -2.35. The highest BCUT2D eigenvalue weighted by atomic mass is 28.4. The van der Waals surface area contributed by atoms with Crippen LogP contribution in [0, 0.1) is 0 Å². The van der Waals surface area contributed by atoms with E-state index in [1.165, 1.54) is 5.20 Å². The zero-order valence-electron chi connectivity index (χ0n) is 8.42. The van der Waals surface area contributed by atoms with Crippen LogP contribution in [-0.2, 0) is 4.43 Å². The molecule has 1 aliphatic rings. The van der Waals surface area contributed by atoms with E-state index in [4.69, 9.17) is 4.43 Å². The van der Waals surface area contributed by atoms with Crippen LogP contribution in [0.15, 0.2) is 23.4 Å². The molecule has 0 saturated carbocycles. The third-order valence-corrected chi connectivity index (χ3v) is 4.82. The number of hydrogen-bond donors (Lipinski definition) is 0. The molecule has 0 radical (unpaired) electrons. The highest BCUT2D eigenvalue weighted by Crippen LogP contribution is 2.23. The summed E-state index contributed by atoms with van der Waals surface area (Å²) >= 11 is 0. The van der Waals surface area contributed by atoms with Crippen LogP contribution in [0.4, 0.5) is 0 Å². The first kappa shape index (κ1) is 9.74. The topological polar surface area (TPSA) is 9.23 Å². The maximum atomic E-state index is 5.94. The summed E-state index contributed by atoms with van der Waals surface area (Å²) in [6.07, 6.45) is 8.14. The molecule has 0 saturated heterocycles. The lowest BCUT2D eigenvalue weighted by molar-refractivity contribution is 0.236. The fraction of sp³-hybridized carbons (Fsp3) is 0.600. The van der Waals surface area contributed by atoms with Crippen molar-refractivity contribution in [3.05, 3.63) is 23.4 Å². The molecule has 0 amide bonds. The van der Waals surface area contributed by atoms with Gasteiger partial charge in [-0.3, -0.25) is 0 Å². The molecule has 68 valence electrons. The van der Waals surface area contributed by atoms with Crippen molar-refractivity contribution >= 4 is 8.32 Å². The maximum absolute atomic E-state index is 5.94. The van der Waals surface area contributed by atoms with Crippen molar-refractivity contribution < 1.29 is 4.43 Å². The second-order valence-electron chi connectivity index (χ2n) is 3.97. The second kappa shape index (κ2) is 3.58. The van der Waals surface area contributed by atoms with Gasteiger partial charge in [-0.2, -0.15) is 0 Å². The fourth-order valence-electron chi connectivity index (χ4n) is 1.56. The van der Waals surface area contributed by atoms with Crippen molar-refractivity contribution in [3.8, 4) is 0 Å². The van der Waals surface area contributed by atoms with Gasteiger partial charge < -0.3 is 4.43 Å². The Bertz CT molecular complexity index is 214. The third kappa shape index (κ3) is 2.32. The predicted molar refractivity (Wildman–Crippen MR) is 55.5 cm³/mol. The quantitative estimate of drug-likeness (QED) is 0.610. The minimum Gasteiger partial charge on any atom is -0.411 e. The summed E-state index contributed by atoms with van der Waals surface area (Å²) in [4.78, 5) is 0. The SMILES string of the molecule is CC(C)O[Si](C)(C)C1=CCC=C1. The second-order valence-corrected chi connectivity index (χ2v) is 7.81. The number of allylic oxidation sites excluding steroid dienone is 4. The average molecular weight is 182 g/mol. The van der Waals surface area contributed by atoms with E-state index in [1.807, 2.05) is 0 Å². The normalized spacial score (nSPS) is 17.2. The zero-order valence-corrected chi connectivity index (χ0v) is 9.42. The van der Waals surface area contributed by atoms with Gasteiger partial charge in [0.05, 0.1) is 0 Å². The average Bonchev–Trinajstić information content (AvgIpc) is 2.32. The highest BCUT2D eigenvalue weighted by molar-refractivity contribution is 6.79. The first-order valence-corrected chi connectivity index (χ1v) is 7.48. The summed E-state index contributed by atoms with van der Waals surface area (Å²) in [6.45, 7) is 8.73. The Morgan fingerprint density at radius 2 is 2.08 bits per heavy atom. The minimum atomic E-state index is -1.56. The Morgan fingerprint density at radius 1 is 1.42 bits per heavy atom. The van der Waals surface area contributed by atoms with E-state index < -0.39 is 8.32 Å². The van der Waals surface area contributed by atoms with E-state index in [0.717, 1.165) is 6.42 Å². The molecule has 12 heavy (non-hydrogen) atoms. The van der Waals surface area contributed by atoms with E-state index in [0.29, 0.717) is 6.10 Å². The molecule has 0 spiro atoms. The van der Waals surface area contributed by atoms with Crippen LogP contribution in [-0.4, -0.2) is 14.4 Å². The summed E-state index contributed by atoms with van der Waals surface area (Å²) in [5.41, 5.74) is 0. The van der Waals surface area contributed by atoms with Crippen molar-refractivity contribution in [2.24, 2.45) is 0 Å². The van der Waals surface area contributed by atoms with Gasteiger partial charge in [-0.15, -0.1) is 0 Å². The summed E-state index contributed by atoms with van der Waals surface area (Å²) in [6, 6.07) is 0. The van der Waals surface area contributed by atoms with Crippen LogP contribution in [0.1, 0.15) is 20.3 Å². The van der Waals surface area contributed by atoms with E-state index in [9.17, 15) is 0 Å². The molecule has 0 bridgehead atoms. The van der Waals surface area contributed by atoms with Gasteiger partial charge in [-0.1, -0.05) is 18.2 Å². The lowest BCUT2D eigenvalue weighted by Gasteiger charge is -2.25. The van der Waals surface area contributed by atoms with E-state index in [1.54, 1.807) is 0 Å². The van der Waals surface area contributed by atoms with E-state index >= 15 is 0 Å². The molecule has 0 unspecified atom stereocenters. The van der Waals surface area contributed by atoms with Crippen LogP contribution < -0.4 is 0 Å². The molecule has 0 aromatic rings. The molecule has 0 N–H and O–H groups in total. The molecule has 1 nitrogen and oxygen atoms in total. The molecule has 0 fully saturated rings. The first-order chi connectivity index (χ1) is 5.52. The van der Waals surface area contributed by atoms with Crippen LogP contribution in [0.3, 0.4) is 0 Å². The Morgan fingerprint density at radius 3 is 2.50 bits per heavy atom. The zero-order chi connectivity index (χ0) is 9.19. The van der Waals surface area contributed by atoms with Crippen LogP contribution in [0.5, 0.6) is 0 Å². The van der Waals surface area contributed by atoms with Gasteiger partial charge in [-0.25, -0.2) is 0 Å². The number of hydrogen-bond acceptors (Lipinski definition) is 1. The minimum absolute atomic E-state index is 0.349. The van der Waals surface area contributed by atoms with Gasteiger partial charge in [-0.05, 0) is 38.6 Å². The summed E-state index contributed by atoms with van der Waals surface area (Å²) in [7, 11) is -1.56. The van der Waals surface area contributed by atoms with Crippen molar-refractivity contribution in [1.82, 2.24) is 0 Å². The molecule has 0 atom stereocenters. The van der Waals surface area contributed by atoms with Gasteiger partial charge >= 0.3 is 0 Å². The Hall–Kier alpha value is -0.343. The molecule has 0 heterocycles. The predicted octanol–water partition coefficient (Wildman–Crippen LogP) is 3.04. The van der Waals surface area contributed by atoms with Crippen molar-refractivity contribution in [2.75, 3.05) is 0 Å². The van der Waals surface area contributed by atoms with Crippen molar-refractivity contribution in [3.63, 3.8) is 0 Å².